The lowest BCUT2D eigenvalue weighted by atomic mass is 9.74. The monoisotopic (exact) mass is 284 g/mol. The SMILES string of the molecule is CC1(C)COC[C@@H]([C@@H]2c3ccccc3-c3cncn32)[C@H]1O. The van der Waals surface area contributed by atoms with Crippen LogP contribution < -0.4 is 0 Å². The van der Waals surface area contributed by atoms with Crippen LogP contribution in [-0.4, -0.2) is 34.0 Å². The molecule has 0 spiro atoms. The van der Waals surface area contributed by atoms with Crippen LogP contribution in [0.4, 0.5) is 0 Å². The number of benzene rings is 1. The lowest BCUT2D eigenvalue weighted by Crippen LogP contribution is -2.49. The van der Waals surface area contributed by atoms with Gasteiger partial charge in [0.25, 0.3) is 0 Å². The number of nitrogens with zero attached hydrogens (tertiary/aromatic N) is 2. The fourth-order valence-electron chi connectivity index (χ4n) is 3.79. The van der Waals surface area contributed by atoms with Crippen LogP contribution in [0.15, 0.2) is 36.8 Å². The van der Waals surface area contributed by atoms with E-state index in [0.29, 0.717) is 13.2 Å². The maximum Gasteiger partial charge on any atom is 0.0956 e. The van der Waals surface area contributed by atoms with Crippen molar-refractivity contribution in [3.8, 4) is 11.3 Å². The first-order valence-electron chi connectivity index (χ1n) is 7.46. The van der Waals surface area contributed by atoms with Crippen LogP contribution in [0.5, 0.6) is 0 Å². The number of aromatic nitrogens is 2. The van der Waals surface area contributed by atoms with E-state index >= 15 is 0 Å². The molecule has 1 aromatic carbocycles. The summed E-state index contributed by atoms with van der Waals surface area (Å²) in [7, 11) is 0. The first-order valence-corrected chi connectivity index (χ1v) is 7.46. The minimum Gasteiger partial charge on any atom is -0.392 e. The molecule has 0 aliphatic carbocycles. The van der Waals surface area contributed by atoms with Crippen LogP contribution in [0.25, 0.3) is 11.3 Å². The first-order chi connectivity index (χ1) is 10.1. The highest BCUT2D eigenvalue weighted by Crippen LogP contribution is 2.47. The third-order valence-electron chi connectivity index (χ3n) is 4.92. The second-order valence-electron chi connectivity index (χ2n) is 6.83. The molecule has 2 aliphatic heterocycles. The Kier molecular flexibility index (Phi) is 2.75. The van der Waals surface area contributed by atoms with Crippen molar-refractivity contribution in [3.05, 3.63) is 42.4 Å². The number of hydrogen-bond acceptors (Lipinski definition) is 3. The van der Waals surface area contributed by atoms with Gasteiger partial charge < -0.3 is 14.4 Å². The van der Waals surface area contributed by atoms with Crippen molar-refractivity contribution in [3.63, 3.8) is 0 Å². The number of imidazole rings is 1. The molecule has 4 nitrogen and oxygen atoms in total. The van der Waals surface area contributed by atoms with Gasteiger partial charge >= 0.3 is 0 Å². The second kappa shape index (κ2) is 4.42. The van der Waals surface area contributed by atoms with E-state index in [1.165, 1.54) is 11.1 Å². The van der Waals surface area contributed by atoms with Gasteiger partial charge in [-0.3, -0.25) is 0 Å². The Labute approximate surface area is 124 Å². The van der Waals surface area contributed by atoms with Gasteiger partial charge in [0.05, 0.1) is 43.6 Å². The maximum atomic E-state index is 10.8. The van der Waals surface area contributed by atoms with E-state index in [4.69, 9.17) is 4.74 Å². The van der Waals surface area contributed by atoms with Gasteiger partial charge in [-0.15, -0.1) is 0 Å². The van der Waals surface area contributed by atoms with Gasteiger partial charge in [0, 0.05) is 16.9 Å². The zero-order valence-corrected chi connectivity index (χ0v) is 12.4. The molecule has 4 heteroatoms. The normalized spacial score (nSPS) is 30.0. The summed E-state index contributed by atoms with van der Waals surface area (Å²) in [6.45, 7) is 5.33. The topological polar surface area (TPSA) is 47.3 Å². The Morgan fingerprint density at radius 1 is 1.33 bits per heavy atom. The smallest absolute Gasteiger partial charge is 0.0956 e. The lowest BCUT2D eigenvalue weighted by Gasteiger charge is -2.43. The molecule has 1 aromatic heterocycles. The van der Waals surface area contributed by atoms with Crippen LogP contribution >= 0.6 is 0 Å². The summed E-state index contributed by atoms with van der Waals surface area (Å²) < 4.78 is 7.98. The van der Waals surface area contributed by atoms with E-state index in [9.17, 15) is 5.11 Å². The van der Waals surface area contributed by atoms with Crippen LogP contribution in [0, 0.1) is 11.3 Å². The van der Waals surface area contributed by atoms with Crippen LogP contribution in [0.2, 0.25) is 0 Å². The molecule has 21 heavy (non-hydrogen) atoms. The van der Waals surface area contributed by atoms with Gasteiger partial charge in [-0.2, -0.15) is 0 Å². The Bertz CT molecular complexity index is 677. The molecule has 110 valence electrons. The summed E-state index contributed by atoms with van der Waals surface area (Å²) in [5.41, 5.74) is 3.39. The van der Waals surface area contributed by atoms with E-state index < -0.39 is 6.10 Å². The van der Waals surface area contributed by atoms with Gasteiger partial charge in [-0.1, -0.05) is 38.1 Å². The summed E-state index contributed by atoms with van der Waals surface area (Å²) in [4.78, 5) is 4.29. The Balaban J connectivity index is 1.82. The molecular weight excluding hydrogens is 264 g/mol. The Morgan fingerprint density at radius 2 is 2.14 bits per heavy atom. The predicted octanol–water partition coefficient (Wildman–Crippen LogP) is 2.49. The molecule has 0 radical (unpaired) electrons. The molecule has 1 saturated heterocycles. The van der Waals surface area contributed by atoms with Gasteiger partial charge in [0.1, 0.15) is 0 Å². The average Bonchev–Trinajstić information content (AvgIpc) is 3.03. The zero-order valence-electron chi connectivity index (χ0n) is 12.4. The number of aliphatic hydroxyl groups is 1. The van der Waals surface area contributed by atoms with Crippen molar-refractivity contribution in [1.82, 2.24) is 9.55 Å². The quantitative estimate of drug-likeness (QED) is 0.875. The highest BCUT2D eigenvalue weighted by atomic mass is 16.5. The molecule has 4 rings (SSSR count). The summed E-state index contributed by atoms with van der Waals surface area (Å²) in [5, 5.41) is 10.8. The summed E-state index contributed by atoms with van der Waals surface area (Å²) in [5.74, 6) is 0.0466. The van der Waals surface area contributed by atoms with E-state index in [0.717, 1.165) is 5.69 Å². The average molecular weight is 284 g/mol. The van der Waals surface area contributed by atoms with E-state index in [-0.39, 0.29) is 17.4 Å². The summed E-state index contributed by atoms with van der Waals surface area (Å²) in [6.07, 6.45) is 3.38. The third kappa shape index (κ3) is 1.79. The van der Waals surface area contributed by atoms with Crippen molar-refractivity contribution in [1.29, 1.82) is 0 Å². The maximum absolute atomic E-state index is 10.8. The molecule has 0 bridgehead atoms. The first kappa shape index (κ1) is 13.0. The number of aliphatic hydroxyl groups excluding tert-OH is 1. The second-order valence-corrected chi connectivity index (χ2v) is 6.83. The van der Waals surface area contributed by atoms with E-state index in [1.807, 2.05) is 12.5 Å². The molecule has 2 aliphatic rings. The van der Waals surface area contributed by atoms with E-state index in [2.05, 4.69) is 47.7 Å². The molecule has 2 aromatic rings. The van der Waals surface area contributed by atoms with Crippen molar-refractivity contribution < 1.29 is 9.84 Å². The number of ether oxygens (including phenoxy) is 1. The number of rotatable bonds is 1. The fraction of sp³-hybridized carbons (Fsp3) is 0.471. The minimum atomic E-state index is -0.391. The van der Waals surface area contributed by atoms with Gasteiger partial charge in [-0.05, 0) is 5.56 Å². The molecular formula is C17H20N2O2. The van der Waals surface area contributed by atoms with Crippen LogP contribution in [0.3, 0.4) is 0 Å². The van der Waals surface area contributed by atoms with Gasteiger partial charge in [0.15, 0.2) is 0 Å². The Hall–Kier alpha value is -1.65. The number of hydrogen-bond donors (Lipinski definition) is 1. The van der Waals surface area contributed by atoms with Crippen molar-refractivity contribution >= 4 is 0 Å². The van der Waals surface area contributed by atoms with Crippen LogP contribution in [0.1, 0.15) is 25.5 Å². The van der Waals surface area contributed by atoms with Gasteiger partial charge in [-0.25, -0.2) is 4.98 Å². The lowest BCUT2D eigenvalue weighted by molar-refractivity contribution is -0.129. The molecule has 0 saturated carbocycles. The van der Waals surface area contributed by atoms with Crippen molar-refractivity contribution in [2.24, 2.45) is 11.3 Å². The highest BCUT2D eigenvalue weighted by molar-refractivity contribution is 5.69. The Morgan fingerprint density at radius 3 is 3.00 bits per heavy atom. The predicted molar refractivity (Wildman–Crippen MR) is 79.9 cm³/mol. The molecule has 0 unspecified atom stereocenters. The fourth-order valence-corrected chi connectivity index (χ4v) is 3.79. The number of fused-ring (bicyclic) bond motifs is 3. The zero-order chi connectivity index (χ0) is 14.6. The standard InChI is InChI=1S/C17H20N2O2/c1-17(2)9-21-8-13(16(17)20)15-12-6-4-3-5-11(12)14-7-18-10-19(14)15/h3-7,10,13,15-16,20H,8-9H2,1-2H3/t13-,15-,16+/m0/s1. The van der Waals surface area contributed by atoms with E-state index in [1.54, 1.807) is 0 Å². The molecule has 0 amide bonds. The summed E-state index contributed by atoms with van der Waals surface area (Å²) in [6, 6.07) is 8.50. The van der Waals surface area contributed by atoms with Gasteiger partial charge in [0.2, 0.25) is 0 Å². The third-order valence-corrected chi connectivity index (χ3v) is 4.92. The van der Waals surface area contributed by atoms with Crippen LogP contribution in [-0.2, 0) is 4.74 Å². The van der Waals surface area contributed by atoms with Crippen molar-refractivity contribution in [2.75, 3.05) is 13.2 Å². The summed E-state index contributed by atoms with van der Waals surface area (Å²) >= 11 is 0. The molecule has 1 fully saturated rings. The van der Waals surface area contributed by atoms with Crippen molar-refractivity contribution in [2.45, 2.75) is 26.0 Å². The molecule has 1 N–H and O–H groups in total. The minimum absolute atomic E-state index is 0.0466. The molecule has 3 heterocycles. The molecule has 3 atom stereocenters. The largest absolute Gasteiger partial charge is 0.392 e. The highest BCUT2D eigenvalue weighted by Gasteiger charge is 2.45.